The summed E-state index contributed by atoms with van der Waals surface area (Å²) in [6.45, 7) is 2.75. The maximum Gasteiger partial charge on any atom is 0.338 e. The number of carbonyl (C=O) groups excluding carboxylic acids is 1. The van der Waals surface area contributed by atoms with Crippen LogP contribution in [0.5, 0.6) is 5.75 Å². The molecule has 0 radical (unpaired) electrons. The average Bonchev–Trinajstić information content (AvgIpc) is 2.51. The van der Waals surface area contributed by atoms with Crippen molar-refractivity contribution in [2.75, 3.05) is 11.9 Å². The first-order chi connectivity index (χ1) is 10.2. The zero-order valence-electron chi connectivity index (χ0n) is 11.8. The van der Waals surface area contributed by atoms with Crippen LogP contribution in [0.1, 0.15) is 21.5 Å². The summed E-state index contributed by atoms with van der Waals surface area (Å²) in [7, 11) is 0. The molecule has 21 heavy (non-hydrogen) atoms. The summed E-state index contributed by atoms with van der Waals surface area (Å²) in [4.78, 5) is 12.1. The molecule has 0 fully saturated rings. The van der Waals surface area contributed by atoms with E-state index in [9.17, 15) is 4.79 Å². The molecule has 0 spiro atoms. The lowest BCUT2D eigenvalue weighted by molar-refractivity contribution is 0.0472. The van der Waals surface area contributed by atoms with Gasteiger partial charge in [-0.25, -0.2) is 4.79 Å². The molecule has 0 saturated carbocycles. The lowest BCUT2D eigenvalue weighted by Gasteiger charge is -2.09. The number of esters is 1. The highest BCUT2D eigenvalue weighted by Crippen LogP contribution is 2.18. The third-order valence-electron chi connectivity index (χ3n) is 2.98. The Morgan fingerprint density at radius 2 is 1.90 bits per heavy atom. The van der Waals surface area contributed by atoms with Crippen LogP contribution in [0.3, 0.4) is 0 Å². The van der Waals surface area contributed by atoms with Gasteiger partial charge < -0.3 is 9.47 Å². The van der Waals surface area contributed by atoms with Crippen LogP contribution in [-0.2, 0) is 11.3 Å². The van der Waals surface area contributed by atoms with Crippen LogP contribution in [0.25, 0.3) is 0 Å². The lowest BCUT2D eigenvalue weighted by atomic mass is 10.1. The Bertz CT molecular complexity index is 596. The number of hydrogen-bond donors (Lipinski definition) is 0. The maximum absolute atomic E-state index is 12.1. The van der Waals surface area contributed by atoms with Crippen molar-refractivity contribution < 1.29 is 14.3 Å². The van der Waals surface area contributed by atoms with Gasteiger partial charge in [0.1, 0.15) is 12.4 Å². The Hall–Kier alpha value is -1.81. The zero-order chi connectivity index (χ0) is 15.1. The van der Waals surface area contributed by atoms with Gasteiger partial charge in [-0.15, -0.1) is 0 Å². The van der Waals surface area contributed by atoms with Gasteiger partial charge in [0.25, 0.3) is 0 Å². The first-order valence-corrected chi connectivity index (χ1v) is 7.83. The topological polar surface area (TPSA) is 35.5 Å². The van der Waals surface area contributed by atoms with E-state index in [0.29, 0.717) is 12.2 Å². The minimum absolute atomic E-state index is 0.279. The monoisotopic (exact) mass is 348 g/mol. The van der Waals surface area contributed by atoms with Gasteiger partial charge in [0.2, 0.25) is 0 Å². The van der Waals surface area contributed by atoms with Gasteiger partial charge in [0.15, 0.2) is 0 Å². The number of rotatable bonds is 6. The van der Waals surface area contributed by atoms with Crippen molar-refractivity contribution in [3.63, 3.8) is 0 Å². The van der Waals surface area contributed by atoms with Crippen LogP contribution in [0.15, 0.2) is 48.5 Å². The molecule has 0 aromatic heterocycles. The second-order valence-electron chi connectivity index (χ2n) is 4.58. The normalized spacial score (nSPS) is 10.2. The van der Waals surface area contributed by atoms with Crippen LogP contribution in [-0.4, -0.2) is 17.9 Å². The number of halogens is 1. The molecule has 0 bridgehead atoms. The molecule has 0 atom stereocenters. The maximum atomic E-state index is 12.1. The summed E-state index contributed by atoms with van der Waals surface area (Å²) >= 11 is 3.31. The second kappa shape index (κ2) is 7.84. The van der Waals surface area contributed by atoms with Crippen LogP contribution >= 0.6 is 15.9 Å². The Morgan fingerprint density at radius 3 is 2.57 bits per heavy atom. The zero-order valence-corrected chi connectivity index (χ0v) is 13.4. The number of alkyl halides is 1. The van der Waals surface area contributed by atoms with Crippen molar-refractivity contribution in [3.8, 4) is 5.75 Å². The van der Waals surface area contributed by atoms with E-state index in [2.05, 4.69) is 15.9 Å². The Kier molecular flexibility index (Phi) is 5.81. The molecule has 2 aromatic carbocycles. The van der Waals surface area contributed by atoms with Crippen LogP contribution in [0, 0.1) is 6.92 Å². The Balaban J connectivity index is 1.99. The van der Waals surface area contributed by atoms with Gasteiger partial charge in [0.05, 0.1) is 12.2 Å². The van der Waals surface area contributed by atoms with Gasteiger partial charge in [-0.2, -0.15) is 0 Å². The standard InChI is InChI=1S/C17H17BrO3/c1-13-11-15(20-10-9-18)7-8-16(13)17(19)21-12-14-5-3-2-4-6-14/h2-8,11H,9-10,12H2,1H3. The van der Waals surface area contributed by atoms with E-state index in [4.69, 9.17) is 9.47 Å². The van der Waals surface area contributed by atoms with E-state index in [-0.39, 0.29) is 12.6 Å². The van der Waals surface area contributed by atoms with Gasteiger partial charge in [-0.1, -0.05) is 46.3 Å². The Morgan fingerprint density at radius 1 is 1.14 bits per heavy atom. The third kappa shape index (κ3) is 4.60. The minimum Gasteiger partial charge on any atom is -0.493 e. The van der Waals surface area contributed by atoms with Gasteiger partial charge in [-0.05, 0) is 36.2 Å². The van der Waals surface area contributed by atoms with Gasteiger partial charge in [0, 0.05) is 5.33 Å². The van der Waals surface area contributed by atoms with E-state index in [1.807, 2.05) is 43.3 Å². The van der Waals surface area contributed by atoms with Gasteiger partial charge >= 0.3 is 5.97 Å². The summed E-state index contributed by atoms with van der Waals surface area (Å²) in [5.41, 5.74) is 2.39. The van der Waals surface area contributed by atoms with E-state index in [0.717, 1.165) is 22.2 Å². The van der Waals surface area contributed by atoms with Crippen molar-refractivity contribution in [2.45, 2.75) is 13.5 Å². The summed E-state index contributed by atoms with van der Waals surface area (Å²) in [5, 5.41) is 0.771. The van der Waals surface area contributed by atoms with E-state index in [1.54, 1.807) is 12.1 Å². The number of carbonyl (C=O) groups is 1. The first-order valence-electron chi connectivity index (χ1n) is 6.71. The molecule has 0 unspecified atom stereocenters. The molecule has 4 heteroatoms. The summed E-state index contributed by atoms with van der Waals surface area (Å²) in [6, 6.07) is 15.0. The molecule has 3 nitrogen and oxygen atoms in total. The van der Waals surface area contributed by atoms with E-state index in [1.165, 1.54) is 0 Å². The van der Waals surface area contributed by atoms with E-state index >= 15 is 0 Å². The number of ether oxygens (including phenoxy) is 2. The number of benzene rings is 2. The fourth-order valence-corrected chi connectivity index (χ4v) is 2.07. The molecular weight excluding hydrogens is 332 g/mol. The van der Waals surface area contributed by atoms with Crippen LogP contribution in [0.4, 0.5) is 0 Å². The van der Waals surface area contributed by atoms with Crippen molar-refractivity contribution in [3.05, 3.63) is 65.2 Å². The minimum atomic E-state index is -0.316. The molecule has 0 heterocycles. The summed E-state index contributed by atoms with van der Waals surface area (Å²) in [5.74, 6) is 0.440. The predicted octanol–water partition coefficient (Wildman–Crippen LogP) is 4.13. The second-order valence-corrected chi connectivity index (χ2v) is 5.37. The van der Waals surface area contributed by atoms with Crippen LogP contribution < -0.4 is 4.74 Å². The molecule has 110 valence electrons. The summed E-state index contributed by atoms with van der Waals surface area (Å²) in [6.07, 6.45) is 0. The molecule has 0 aliphatic heterocycles. The highest BCUT2D eigenvalue weighted by Gasteiger charge is 2.11. The highest BCUT2D eigenvalue weighted by atomic mass is 79.9. The molecule has 2 aromatic rings. The fourth-order valence-electron chi connectivity index (χ4n) is 1.91. The molecule has 2 rings (SSSR count). The SMILES string of the molecule is Cc1cc(OCCBr)ccc1C(=O)OCc1ccccc1. The summed E-state index contributed by atoms with van der Waals surface area (Å²) < 4.78 is 10.8. The third-order valence-corrected chi connectivity index (χ3v) is 3.30. The lowest BCUT2D eigenvalue weighted by Crippen LogP contribution is -2.07. The van der Waals surface area contributed by atoms with E-state index < -0.39 is 0 Å². The number of aryl methyl sites for hydroxylation is 1. The average molecular weight is 349 g/mol. The van der Waals surface area contributed by atoms with Crippen molar-refractivity contribution in [2.24, 2.45) is 0 Å². The fraction of sp³-hybridized carbons (Fsp3) is 0.235. The Labute approximate surface area is 133 Å². The highest BCUT2D eigenvalue weighted by molar-refractivity contribution is 9.09. The first kappa shape index (κ1) is 15.6. The molecule has 0 aliphatic carbocycles. The predicted molar refractivity (Wildman–Crippen MR) is 86.0 cm³/mol. The van der Waals surface area contributed by atoms with Crippen molar-refractivity contribution in [1.82, 2.24) is 0 Å². The number of hydrogen-bond acceptors (Lipinski definition) is 3. The molecule has 0 amide bonds. The van der Waals surface area contributed by atoms with Crippen LogP contribution in [0.2, 0.25) is 0 Å². The molecular formula is C17H17BrO3. The molecule has 0 saturated heterocycles. The van der Waals surface area contributed by atoms with Gasteiger partial charge in [-0.3, -0.25) is 0 Å². The largest absolute Gasteiger partial charge is 0.493 e. The molecule has 0 aliphatic rings. The smallest absolute Gasteiger partial charge is 0.338 e. The molecule has 0 N–H and O–H groups in total. The quantitative estimate of drug-likeness (QED) is 0.581. The van der Waals surface area contributed by atoms with Crippen molar-refractivity contribution in [1.29, 1.82) is 0 Å². The van der Waals surface area contributed by atoms with Crippen molar-refractivity contribution >= 4 is 21.9 Å².